The molecule has 0 saturated heterocycles. The van der Waals surface area contributed by atoms with E-state index in [4.69, 9.17) is 0 Å². The molecule has 0 radical (unpaired) electrons. The zero-order valence-corrected chi connectivity index (χ0v) is 17.7. The minimum absolute atomic E-state index is 0.340. The Morgan fingerprint density at radius 3 is 1.29 bits per heavy atom. The van der Waals surface area contributed by atoms with Gasteiger partial charge in [0.05, 0.1) is 0 Å². The van der Waals surface area contributed by atoms with E-state index in [1.807, 2.05) is 0 Å². The van der Waals surface area contributed by atoms with Gasteiger partial charge in [0.15, 0.2) is 11.1 Å². The van der Waals surface area contributed by atoms with Crippen LogP contribution in [0.25, 0.3) is 0 Å². The molecule has 156 valence electrons. The summed E-state index contributed by atoms with van der Waals surface area (Å²) in [5.74, 6) is -0.680. The molecule has 0 atom stereocenters. The molecule has 0 unspecified atom stereocenters. The third-order valence-electron chi connectivity index (χ3n) is 5.15. The molecule has 8 nitrogen and oxygen atoms in total. The number of nitrogens with one attached hydrogen (secondary N) is 2. The monoisotopic (exact) mass is 390 g/mol. The standard InChI is InChI=1S/C20H34N6O2/c1-19(2,17(27)23-21-15-11-7-5-8-12-15)25-26-20(3,4)18(28)24-22-16-13-9-6-10-14-16/h5-14H2,1-4H3,(H,23,27)(H,24,28). The number of hydrazone groups is 2. The molecule has 0 aliphatic heterocycles. The minimum atomic E-state index is -1.12. The Bertz CT molecular complexity index is 592. The van der Waals surface area contributed by atoms with Crippen molar-refractivity contribution in [3.8, 4) is 0 Å². The number of hydrogen-bond acceptors (Lipinski definition) is 6. The number of nitrogens with zero attached hydrogens (tertiary/aromatic N) is 4. The molecule has 2 saturated carbocycles. The molecule has 2 fully saturated rings. The quantitative estimate of drug-likeness (QED) is 0.530. The van der Waals surface area contributed by atoms with E-state index < -0.39 is 11.1 Å². The zero-order chi connectivity index (χ0) is 20.6. The van der Waals surface area contributed by atoms with Crippen molar-refractivity contribution in [2.24, 2.45) is 20.4 Å². The second-order valence-electron chi connectivity index (χ2n) is 8.68. The summed E-state index contributed by atoms with van der Waals surface area (Å²) in [7, 11) is 0. The van der Waals surface area contributed by atoms with Crippen molar-refractivity contribution >= 4 is 23.2 Å². The van der Waals surface area contributed by atoms with Gasteiger partial charge in [0.1, 0.15) is 0 Å². The maximum absolute atomic E-state index is 12.4. The molecule has 8 heteroatoms. The van der Waals surface area contributed by atoms with E-state index >= 15 is 0 Å². The second kappa shape index (κ2) is 9.89. The van der Waals surface area contributed by atoms with Crippen LogP contribution in [0.3, 0.4) is 0 Å². The van der Waals surface area contributed by atoms with Gasteiger partial charge in [0, 0.05) is 11.4 Å². The van der Waals surface area contributed by atoms with Gasteiger partial charge in [-0.1, -0.05) is 12.8 Å². The lowest BCUT2D eigenvalue weighted by Crippen LogP contribution is -2.41. The summed E-state index contributed by atoms with van der Waals surface area (Å²) in [6.45, 7) is 6.62. The normalized spacial score (nSPS) is 18.7. The second-order valence-corrected chi connectivity index (χ2v) is 8.68. The number of rotatable bonds is 6. The molecular formula is C20H34N6O2. The SMILES string of the molecule is CC(C)(N=NC(C)(C)C(=O)NN=C1CCCCC1)C(=O)NN=C1CCCCC1. The largest absolute Gasteiger partial charge is 0.270 e. The van der Waals surface area contributed by atoms with Crippen LogP contribution in [-0.4, -0.2) is 34.3 Å². The van der Waals surface area contributed by atoms with Crippen LogP contribution in [0.2, 0.25) is 0 Å². The average molecular weight is 391 g/mol. The van der Waals surface area contributed by atoms with Crippen molar-refractivity contribution in [2.75, 3.05) is 0 Å². The highest BCUT2D eigenvalue weighted by Crippen LogP contribution is 2.18. The highest BCUT2D eigenvalue weighted by molar-refractivity contribution is 5.90. The number of hydrogen-bond donors (Lipinski definition) is 2. The lowest BCUT2D eigenvalue weighted by molar-refractivity contribution is -0.127. The summed E-state index contributed by atoms with van der Waals surface area (Å²) in [6, 6.07) is 0. The molecule has 0 aromatic heterocycles. The van der Waals surface area contributed by atoms with Crippen LogP contribution in [0.15, 0.2) is 20.4 Å². The number of amides is 2. The number of azo groups is 1. The molecule has 0 aromatic rings. The first-order valence-corrected chi connectivity index (χ1v) is 10.4. The Labute approximate surface area is 167 Å². The van der Waals surface area contributed by atoms with Crippen molar-refractivity contribution in [2.45, 2.75) is 103 Å². The lowest BCUT2D eigenvalue weighted by Gasteiger charge is -2.21. The smallest absolute Gasteiger partial charge is 0.269 e. The molecule has 0 heterocycles. The Balaban J connectivity index is 1.91. The maximum atomic E-state index is 12.4. The number of carbonyl (C=O) groups excluding carboxylic acids is 2. The van der Waals surface area contributed by atoms with Crippen molar-refractivity contribution in [3.05, 3.63) is 0 Å². The van der Waals surface area contributed by atoms with E-state index in [-0.39, 0.29) is 11.8 Å². The summed E-state index contributed by atoms with van der Waals surface area (Å²) in [5, 5.41) is 16.7. The van der Waals surface area contributed by atoms with Crippen LogP contribution >= 0.6 is 0 Å². The van der Waals surface area contributed by atoms with Gasteiger partial charge in [-0.2, -0.15) is 20.4 Å². The van der Waals surface area contributed by atoms with Gasteiger partial charge in [-0.25, -0.2) is 10.9 Å². The van der Waals surface area contributed by atoms with E-state index in [0.29, 0.717) is 0 Å². The molecule has 2 amide bonds. The van der Waals surface area contributed by atoms with E-state index in [1.54, 1.807) is 27.7 Å². The summed E-state index contributed by atoms with van der Waals surface area (Å²) in [6.07, 6.45) is 10.6. The van der Waals surface area contributed by atoms with E-state index in [9.17, 15) is 9.59 Å². The van der Waals surface area contributed by atoms with Gasteiger partial charge in [-0.05, 0) is 79.1 Å². The number of carbonyl (C=O) groups is 2. The van der Waals surface area contributed by atoms with Crippen LogP contribution in [0.1, 0.15) is 91.9 Å². The van der Waals surface area contributed by atoms with Crippen LogP contribution in [0.5, 0.6) is 0 Å². The molecular weight excluding hydrogens is 356 g/mol. The van der Waals surface area contributed by atoms with Gasteiger partial charge >= 0.3 is 0 Å². The Morgan fingerprint density at radius 2 is 0.964 bits per heavy atom. The third-order valence-corrected chi connectivity index (χ3v) is 5.15. The van der Waals surface area contributed by atoms with E-state index in [0.717, 1.165) is 62.8 Å². The lowest BCUT2D eigenvalue weighted by atomic mass is 9.99. The summed E-state index contributed by atoms with van der Waals surface area (Å²) in [5.41, 5.74) is 5.00. The summed E-state index contributed by atoms with van der Waals surface area (Å²) < 4.78 is 0. The molecule has 0 bridgehead atoms. The van der Waals surface area contributed by atoms with Crippen LogP contribution in [0.4, 0.5) is 0 Å². The summed E-state index contributed by atoms with van der Waals surface area (Å²) >= 11 is 0. The fourth-order valence-electron chi connectivity index (χ4n) is 3.02. The highest BCUT2D eigenvalue weighted by atomic mass is 16.2. The third kappa shape index (κ3) is 6.80. The predicted molar refractivity (Wildman–Crippen MR) is 110 cm³/mol. The van der Waals surface area contributed by atoms with Gasteiger partial charge < -0.3 is 0 Å². The van der Waals surface area contributed by atoms with Crippen LogP contribution in [-0.2, 0) is 9.59 Å². The fourth-order valence-corrected chi connectivity index (χ4v) is 3.02. The molecule has 2 aliphatic carbocycles. The maximum Gasteiger partial charge on any atom is 0.269 e. The first kappa shape index (κ1) is 22.2. The predicted octanol–water partition coefficient (Wildman–Crippen LogP) is 3.87. The Hall–Kier alpha value is -2.12. The van der Waals surface area contributed by atoms with Crippen molar-refractivity contribution in [3.63, 3.8) is 0 Å². The van der Waals surface area contributed by atoms with Gasteiger partial charge in [0.2, 0.25) is 0 Å². The minimum Gasteiger partial charge on any atom is -0.270 e. The summed E-state index contributed by atoms with van der Waals surface area (Å²) in [4.78, 5) is 24.9. The van der Waals surface area contributed by atoms with Crippen LogP contribution < -0.4 is 10.9 Å². The molecule has 0 aromatic carbocycles. The topological polar surface area (TPSA) is 108 Å². The first-order chi connectivity index (χ1) is 13.2. The van der Waals surface area contributed by atoms with Crippen molar-refractivity contribution in [1.82, 2.24) is 10.9 Å². The highest BCUT2D eigenvalue weighted by Gasteiger charge is 2.32. The van der Waals surface area contributed by atoms with Gasteiger partial charge in [-0.3, -0.25) is 9.59 Å². The average Bonchev–Trinajstić information content (AvgIpc) is 2.70. The molecule has 28 heavy (non-hydrogen) atoms. The molecule has 2 N–H and O–H groups in total. The van der Waals surface area contributed by atoms with Crippen molar-refractivity contribution < 1.29 is 9.59 Å². The van der Waals surface area contributed by atoms with Gasteiger partial charge in [0.25, 0.3) is 11.8 Å². The van der Waals surface area contributed by atoms with E-state index in [2.05, 4.69) is 31.3 Å². The zero-order valence-electron chi connectivity index (χ0n) is 17.7. The molecule has 2 aliphatic rings. The van der Waals surface area contributed by atoms with Gasteiger partial charge in [-0.15, -0.1) is 0 Å². The van der Waals surface area contributed by atoms with Crippen LogP contribution in [0, 0.1) is 0 Å². The Kier molecular flexibility index (Phi) is 7.83. The van der Waals surface area contributed by atoms with E-state index in [1.165, 1.54) is 12.8 Å². The first-order valence-electron chi connectivity index (χ1n) is 10.4. The fraction of sp³-hybridized carbons (Fsp3) is 0.800. The van der Waals surface area contributed by atoms with Crippen molar-refractivity contribution in [1.29, 1.82) is 0 Å². The molecule has 2 rings (SSSR count). The molecule has 0 spiro atoms. The Morgan fingerprint density at radius 1 is 0.643 bits per heavy atom.